The van der Waals surface area contributed by atoms with Crippen molar-refractivity contribution in [3.8, 4) is 0 Å². The third-order valence-electron chi connectivity index (χ3n) is 4.31. The van der Waals surface area contributed by atoms with E-state index >= 15 is 0 Å². The first kappa shape index (κ1) is 17.1. The average Bonchev–Trinajstić information content (AvgIpc) is 3.05. The molecule has 4 nitrogen and oxygen atoms in total. The summed E-state index contributed by atoms with van der Waals surface area (Å²) >= 11 is 5.94. The highest BCUT2D eigenvalue weighted by Crippen LogP contribution is 2.25. The summed E-state index contributed by atoms with van der Waals surface area (Å²) in [5.41, 5.74) is 1.74. The number of halogens is 1. The van der Waals surface area contributed by atoms with Crippen molar-refractivity contribution in [1.82, 2.24) is 9.47 Å². The van der Waals surface area contributed by atoms with Gasteiger partial charge in [-0.05, 0) is 44.5 Å². The van der Waals surface area contributed by atoms with Crippen LogP contribution in [0.5, 0.6) is 0 Å². The van der Waals surface area contributed by atoms with Crippen LogP contribution < -0.4 is 0 Å². The van der Waals surface area contributed by atoms with E-state index in [4.69, 9.17) is 16.3 Å². The number of amides is 1. The zero-order chi connectivity index (χ0) is 17.3. The number of carbonyl (C=O) groups is 1. The van der Waals surface area contributed by atoms with Gasteiger partial charge in [-0.1, -0.05) is 23.7 Å². The number of aromatic nitrogens is 1. The van der Waals surface area contributed by atoms with Gasteiger partial charge in [-0.2, -0.15) is 0 Å². The molecule has 1 aromatic heterocycles. The fraction of sp³-hybridized carbons (Fsp3) is 0.421. The van der Waals surface area contributed by atoms with Crippen LogP contribution in [0.4, 0.5) is 0 Å². The molecule has 2 aromatic rings. The molecule has 0 saturated carbocycles. The van der Waals surface area contributed by atoms with Crippen LogP contribution in [-0.4, -0.2) is 35.1 Å². The number of ether oxygens (including phenoxy) is 1. The highest BCUT2D eigenvalue weighted by molar-refractivity contribution is 6.30. The van der Waals surface area contributed by atoms with Crippen LogP contribution in [0, 0.1) is 0 Å². The molecule has 3 rings (SSSR count). The number of hydrogen-bond acceptors (Lipinski definition) is 2. The maximum Gasteiger partial charge on any atom is 0.255 e. The molecule has 2 heterocycles. The van der Waals surface area contributed by atoms with Gasteiger partial charge in [0.2, 0.25) is 0 Å². The molecule has 1 amide bonds. The maximum absolute atomic E-state index is 12.8. The van der Waals surface area contributed by atoms with E-state index in [1.54, 1.807) is 0 Å². The van der Waals surface area contributed by atoms with Gasteiger partial charge >= 0.3 is 0 Å². The van der Waals surface area contributed by atoms with E-state index in [0.717, 1.165) is 11.1 Å². The zero-order valence-corrected chi connectivity index (χ0v) is 15.1. The Labute approximate surface area is 148 Å². The van der Waals surface area contributed by atoms with Gasteiger partial charge in [0.05, 0.1) is 18.7 Å². The highest BCUT2D eigenvalue weighted by atomic mass is 35.5. The maximum atomic E-state index is 12.8. The Morgan fingerprint density at radius 2 is 1.92 bits per heavy atom. The smallest absolute Gasteiger partial charge is 0.255 e. The molecule has 128 valence electrons. The quantitative estimate of drug-likeness (QED) is 0.820. The number of hydrogen-bond donors (Lipinski definition) is 0. The van der Waals surface area contributed by atoms with Gasteiger partial charge in [-0.15, -0.1) is 0 Å². The number of benzene rings is 1. The summed E-state index contributed by atoms with van der Waals surface area (Å²) in [5.74, 6) is 0.0558. The summed E-state index contributed by atoms with van der Waals surface area (Å²) in [6.45, 7) is 8.06. The molecule has 0 aliphatic carbocycles. The average molecular weight is 347 g/mol. The van der Waals surface area contributed by atoms with Gasteiger partial charge in [0.15, 0.2) is 0 Å². The van der Waals surface area contributed by atoms with Crippen molar-refractivity contribution >= 4 is 17.5 Å². The molecule has 0 unspecified atom stereocenters. The van der Waals surface area contributed by atoms with Gasteiger partial charge in [0.1, 0.15) is 6.10 Å². The lowest BCUT2D eigenvalue weighted by molar-refractivity contribution is -0.0228. The minimum Gasteiger partial charge on any atom is -0.370 e. The van der Waals surface area contributed by atoms with Gasteiger partial charge in [0, 0.05) is 29.5 Å². The summed E-state index contributed by atoms with van der Waals surface area (Å²) in [6, 6.07) is 9.50. The molecule has 1 aromatic carbocycles. The van der Waals surface area contributed by atoms with Crippen molar-refractivity contribution in [2.75, 3.05) is 19.7 Å². The van der Waals surface area contributed by atoms with Crippen molar-refractivity contribution < 1.29 is 9.53 Å². The molecule has 1 aliphatic heterocycles. The van der Waals surface area contributed by atoms with Crippen LogP contribution >= 0.6 is 11.6 Å². The Morgan fingerprint density at radius 1 is 1.21 bits per heavy atom. The second-order valence-electron chi connectivity index (χ2n) is 7.14. The largest absolute Gasteiger partial charge is 0.370 e. The Bertz CT molecular complexity index is 716. The van der Waals surface area contributed by atoms with E-state index in [0.29, 0.717) is 24.7 Å². The van der Waals surface area contributed by atoms with Crippen LogP contribution in [0.25, 0.3) is 0 Å². The SMILES string of the molecule is CC(C)(C)n1ccc(C(=O)N2CCO[C@@H](c3ccc(Cl)cc3)C2)c1. The van der Waals surface area contributed by atoms with E-state index in [-0.39, 0.29) is 17.6 Å². The van der Waals surface area contributed by atoms with E-state index in [9.17, 15) is 4.79 Å². The predicted octanol–water partition coefficient (Wildman–Crippen LogP) is 4.11. The predicted molar refractivity (Wildman–Crippen MR) is 95.5 cm³/mol. The van der Waals surface area contributed by atoms with Crippen LogP contribution in [0.1, 0.15) is 42.8 Å². The van der Waals surface area contributed by atoms with Crippen molar-refractivity contribution in [2.24, 2.45) is 0 Å². The number of carbonyl (C=O) groups excluding carboxylic acids is 1. The van der Waals surface area contributed by atoms with E-state index in [1.165, 1.54) is 0 Å². The monoisotopic (exact) mass is 346 g/mol. The first-order valence-electron chi connectivity index (χ1n) is 8.19. The molecule has 0 N–H and O–H groups in total. The molecular weight excluding hydrogens is 324 g/mol. The summed E-state index contributed by atoms with van der Waals surface area (Å²) in [7, 11) is 0. The Morgan fingerprint density at radius 3 is 2.54 bits per heavy atom. The molecule has 1 fully saturated rings. The molecule has 1 saturated heterocycles. The standard InChI is InChI=1S/C19H23ClN2O2/c1-19(2,3)22-9-8-15(12-22)18(23)21-10-11-24-17(13-21)14-4-6-16(20)7-5-14/h4-9,12,17H,10-11,13H2,1-3H3/t17-/m1/s1. The molecule has 0 bridgehead atoms. The minimum atomic E-state index is -0.107. The summed E-state index contributed by atoms with van der Waals surface area (Å²) in [5, 5.41) is 0.700. The Balaban J connectivity index is 1.73. The van der Waals surface area contributed by atoms with Gasteiger partial charge in [-0.25, -0.2) is 0 Å². The van der Waals surface area contributed by atoms with E-state index < -0.39 is 0 Å². The first-order valence-corrected chi connectivity index (χ1v) is 8.57. The third kappa shape index (κ3) is 3.65. The third-order valence-corrected chi connectivity index (χ3v) is 4.56. The van der Waals surface area contributed by atoms with Gasteiger partial charge in [0.25, 0.3) is 5.91 Å². The van der Waals surface area contributed by atoms with E-state index in [2.05, 4.69) is 25.3 Å². The highest BCUT2D eigenvalue weighted by Gasteiger charge is 2.27. The lowest BCUT2D eigenvalue weighted by Gasteiger charge is -2.33. The normalized spacial score (nSPS) is 18.7. The van der Waals surface area contributed by atoms with Gasteiger partial charge in [-0.3, -0.25) is 4.79 Å². The lowest BCUT2D eigenvalue weighted by atomic mass is 10.1. The molecule has 24 heavy (non-hydrogen) atoms. The summed E-state index contributed by atoms with van der Waals surface area (Å²) in [6.07, 6.45) is 3.78. The van der Waals surface area contributed by atoms with Crippen molar-refractivity contribution in [3.05, 3.63) is 58.9 Å². The van der Waals surface area contributed by atoms with Crippen LogP contribution in [0.15, 0.2) is 42.7 Å². The summed E-state index contributed by atoms with van der Waals surface area (Å²) < 4.78 is 7.90. The summed E-state index contributed by atoms with van der Waals surface area (Å²) in [4.78, 5) is 14.7. The van der Waals surface area contributed by atoms with Crippen molar-refractivity contribution in [1.29, 1.82) is 0 Å². The van der Waals surface area contributed by atoms with Crippen LogP contribution in [0.3, 0.4) is 0 Å². The van der Waals surface area contributed by atoms with Crippen molar-refractivity contribution in [3.63, 3.8) is 0 Å². The number of rotatable bonds is 2. The Hall–Kier alpha value is -1.78. The second kappa shape index (κ2) is 6.61. The number of nitrogens with zero attached hydrogens (tertiary/aromatic N) is 2. The van der Waals surface area contributed by atoms with Gasteiger partial charge < -0.3 is 14.2 Å². The lowest BCUT2D eigenvalue weighted by Crippen LogP contribution is -2.42. The molecule has 0 radical (unpaired) electrons. The Kier molecular flexibility index (Phi) is 4.70. The molecule has 5 heteroatoms. The molecule has 0 spiro atoms. The fourth-order valence-electron chi connectivity index (χ4n) is 2.84. The second-order valence-corrected chi connectivity index (χ2v) is 7.58. The zero-order valence-electron chi connectivity index (χ0n) is 14.3. The molecule has 1 atom stereocenters. The first-order chi connectivity index (χ1) is 11.3. The molecule has 1 aliphatic rings. The fourth-order valence-corrected chi connectivity index (χ4v) is 2.96. The number of morpholine rings is 1. The van der Waals surface area contributed by atoms with E-state index in [1.807, 2.05) is 47.6 Å². The van der Waals surface area contributed by atoms with Crippen LogP contribution in [0.2, 0.25) is 5.02 Å². The molecular formula is C19H23ClN2O2. The minimum absolute atomic E-state index is 0.0324. The topological polar surface area (TPSA) is 34.5 Å². The van der Waals surface area contributed by atoms with Crippen LogP contribution in [-0.2, 0) is 10.3 Å². The van der Waals surface area contributed by atoms with Crippen molar-refractivity contribution in [2.45, 2.75) is 32.4 Å².